The molecule has 0 spiro atoms. The van der Waals surface area contributed by atoms with Crippen molar-refractivity contribution < 1.29 is 23.7 Å². The molecule has 0 saturated carbocycles. The first-order chi connectivity index (χ1) is 13.2. The summed E-state index contributed by atoms with van der Waals surface area (Å²) in [5.74, 6) is 2.22. The van der Waals surface area contributed by atoms with E-state index in [0.717, 1.165) is 39.7 Å². The fourth-order valence-corrected chi connectivity index (χ4v) is 4.36. The highest BCUT2D eigenvalue weighted by atomic mass is 32.2. The van der Waals surface area contributed by atoms with Gasteiger partial charge in [-0.1, -0.05) is 6.07 Å². The van der Waals surface area contributed by atoms with E-state index in [1.165, 1.54) is 6.07 Å². The second kappa shape index (κ2) is 8.48. The maximum atomic E-state index is 13.6. The Balaban J connectivity index is 1.24. The van der Waals surface area contributed by atoms with Crippen molar-refractivity contribution in [2.24, 2.45) is 0 Å². The molecule has 4 rings (SSSR count). The maximum absolute atomic E-state index is 13.6. The first-order valence-corrected chi connectivity index (χ1v) is 9.97. The number of benzene rings is 2. The molecule has 2 aromatic rings. The molecule has 2 aliphatic rings. The number of hydrogen-bond acceptors (Lipinski definition) is 6. The summed E-state index contributed by atoms with van der Waals surface area (Å²) in [5, 5.41) is 13.5. The fraction of sp³-hybridized carbons (Fsp3) is 0.400. The lowest BCUT2D eigenvalue weighted by atomic mass is 10.0. The van der Waals surface area contributed by atoms with Gasteiger partial charge in [0.05, 0.1) is 19.3 Å². The van der Waals surface area contributed by atoms with Gasteiger partial charge in [0.15, 0.2) is 11.5 Å². The summed E-state index contributed by atoms with van der Waals surface area (Å²) in [6, 6.07) is 10.6. The third kappa shape index (κ3) is 4.55. The second-order valence-electron chi connectivity index (χ2n) is 6.64. The quantitative estimate of drug-likeness (QED) is 0.756. The number of hydrogen-bond donors (Lipinski definition) is 2. The van der Waals surface area contributed by atoms with Crippen LogP contribution in [0.2, 0.25) is 0 Å². The predicted molar refractivity (Wildman–Crippen MR) is 101 cm³/mol. The lowest BCUT2D eigenvalue weighted by Gasteiger charge is -2.27. The topological polar surface area (TPSA) is 60.0 Å². The maximum Gasteiger partial charge on any atom is 0.231 e. The van der Waals surface area contributed by atoms with Gasteiger partial charge in [-0.3, -0.25) is 0 Å². The minimum absolute atomic E-state index is 0.0560. The lowest BCUT2D eigenvalue weighted by Crippen LogP contribution is -2.34. The van der Waals surface area contributed by atoms with Gasteiger partial charge in [-0.15, -0.1) is 11.8 Å². The van der Waals surface area contributed by atoms with Gasteiger partial charge in [-0.2, -0.15) is 0 Å². The van der Waals surface area contributed by atoms with Crippen LogP contribution in [0.3, 0.4) is 0 Å². The molecule has 2 aliphatic heterocycles. The molecule has 2 heterocycles. The Bertz CT molecular complexity index is 804. The number of aliphatic hydroxyl groups is 1. The molecule has 0 aromatic heterocycles. The zero-order valence-electron chi connectivity index (χ0n) is 14.8. The average molecular weight is 391 g/mol. The van der Waals surface area contributed by atoms with Crippen LogP contribution < -0.4 is 14.8 Å². The van der Waals surface area contributed by atoms with Crippen LogP contribution >= 0.6 is 11.8 Å². The van der Waals surface area contributed by atoms with Crippen LogP contribution in [0.1, 0.15) is 23.6 Å². The van der Waals surface area contributed by atoms with Crippen molar-refractivity contribution in [3.05, 3.63) is 53.3 Å². The third-order valence-corrected chi connectivity index (χ3v) is 5.75. The molecule has 0 saturated heterocycles. The summed E-state index contributed by atoms with van der Waals surface area (Å²) in [7, 11) is 0. The molecule has 2 atom stereocenters. The molecule has 144 valence electrons. The van der Waals surface area contributed by atoms with E-state index in [1.54, 1.807) is 17.8 Å². The smallest absolute Gasteiger partial charge is 0.231 e. The van der Waals surface area contributed by atoms with Crippen LogP contribution in [0, 0.1) is 5.82 Å². The van der Waals surface area contributed by atoms with Crippen LogP contribution in [-0.4, -0.2) is 36.9 Å². The Morgan fingerprint density at radius 1 is 1.22 bits per heavy atom. The van der Waals surface area contributed by atoms with E-state index in [4.69, 9.17) is 14.2 Å². The van der Waals surface area contributed by atoms with E-state index in [9.17, 15) is 9.50 Å². The molecule has 0 bridgehead atoms. The number of thioether (sulfide) groups is 1. The molecule has 0 unspecified atom stereocenters. The van der Waals surface area contributed by atoms with Crippen molar-refractivity contribution in [2.75, 3.05) is 25.7 Å². The monoisotopic (exact) mass is 391 g/mol. The standard InChI is InChI=1S/C20H22FNO4S/c21-14-2-4-20-16(8-14)17(5-6-27-20)22-9-15(23)11-24-10-13-1-3-18-19(7-13)26-12-25-18/h1-4,7-8,15,17,22-23H,5-6,9-12H2/t15-,17+/m1/s1. The zero-order chi connectivity index (χ0) is 18.6. The molecule has 27 heavy (non-hydrogen) atoms. The van der Waals surface area contributed by atoms with Crippen LogP contribution in [0.25, 0.3) is 0 Å². The molecule has 2 N–H and O–H groups in total. The van der Waals surface area contributed by atoms with E-state index in [2.05, 4.69) is 5.32 Å². The molecule has 0 radical (unpaired) electrons. The zero-order valence-corrected chi connectivity index (χ0v) is 15.6. The number of ether oxygens (including phenoxy) is 3. The molecule has 0 amide bonds. The van der Waals surface area contributed by atoms with Gasteiger partial charge < -0.3 is 24.6 Å². The summed E-state index contributed by atoms with van der Waals surface area (Å²) in [6.45, 7) is 1.25. The second-order valence-corrected chi connectivity index (χ2v) is 7.77. The first-order valence-electron chi connectivity index (χ1n) is 8.99. The lowest BCUT2D eigenvalue weighted by molar-refractivity contribution is 0.0274. The van der Waals surface area contributed by atoms with Crippen molar-refractivity contribution in [3.8, 4) is 11.5 Å². The summed E-state index contributed by atoms with van der Waals surface area (Å²) >= 11 is 1.74. The van der Waals surface area contributed by atoms with E-state index in [-0.39, 0.29) is 25.3 Å². The van der Waals surface area contributed by atoms with E-state index in [1.807, 2.05) is 24.3 Å². The third-order valence-electron chi connectivity index (χ3n) is 4.63. The number of aliphatic hydroxyl groups excluding tert-OH is 1. The predicted octanol–water partition coefficient (Wildman–Crippen LogP) is 3.26. The van der Waals surface area contributed by atoms with Crippen molar-refractivity contribution in [3.63, 3.8) is 0 Å². The van der Waals surface area contributed by atoms with Crippen molar-refractivity contribution >= 4 is 11.8 Å². The number of rotatable bonds is 7. The van der Waals surface area contributed by atoms with Gasteiger partial charge in [0.1, 0.15) is 5.82 Å². The first kappa shape index (κ1) is 18.6. The molecule has 0 fully saturated rings. The van der Waals surface area contributed by atoms with Crippen LogP contribution in [0.4, 0.5) is 4.39 Å². The SMILES string of the molecule is O[C@H](CN[C@H]1CCSc2ccc(F)cc21)COCc1ccc2c(c1)OCO2. The van der Waals surface area contributed by atoms with E-state index < -0.39 is 6.10 Å². The van der Waals surface area contributed by atoms with Crippen LogP contribution in [0.5, 0.6) is 11.5 Å². The highest BCUT2D eigenvalue weighted by molar-refractivity contribution is 7.99. The van der Waals surface area contributed by atoms with Crippen molar-refractivity contribution in [1.29, 1.82) is 0 Å². The van der Waals surface area contributed by atoms with Gasteiger partial charge in [0, 0.05) is 17.5 Å². The summed E-state index contributed by atoms with van der Waals surface area (Å²) in [5.41, 5.74) is 1.94. The highest BCUT2D eigenvalue weighted by Gasteiger charge is 2.21. The Hall–Kier alpha value is -1.80. The Kier molecular flexibility index (Phi) is 5.83. The Labute approximate surface area is 161 Å². The van der Waals surface area contributed by atoms with Crippen LogP contribution in [-0.2, 0) is 11.3 Å². The fourth-order valence-electron chi connectivity index (χ4n) is 3.26. The van der Waals surface area contributed by atoms with E-state index in [0.29, 0.717) is 13.2 Å². The average Bonchev–Trinajstić information content (AvgIpc) is 3.14. The molecule has 7 heteroatoms. The minimum Gasteiger partial charge on any atom is -0.454 e. The molecular weight excluding hydrogens is 369 g/mol. The van der Waals surface area contributed by atoms with Crippen LogP contribution in [0.15, 0.2) is 41.3 Å². The number of nitrogens with one attached hydrogen (secondary N) is 1. The number of fused-ring (bicyclic) bond motifs is 2. The summed E-state index contributed by atoms with van der Waals surface area (Å²) < 4.78 is 29.8. The Morgan fingerprint density at radius 2 is 2.11 bits per heavy atom. The van der Waals surface area contributed by atoms with Crippen molar-refractivity contribution in [1.82, 2.24) is 5.32 Å². The largest absolute Gasteiger partial charge is 0.454 e. The van der Waals surface area contributed by atoms with Gasteiger partial charge >= 0.3 is 0 Å². The molecule has 5 nitrogen and oxygen atoms in total. The molecule has 2 aromatic carbocycles. The van der Waals surface area contributed by atoms with E-state index >= 15 is 0 Å². The molecular formula is C20H22FNO4S. The normalized spacial score (nSPS) is 19.0. The summed E-state index contributed by atoms with van der Waals surface area (Å²) in [4.78, 5) is 1.11. The highest BCUT2D eigenvalue weighted by Crippen LogP contribution is 2.36. The Morgan fingerprint density at radius 3 is 3.04 bits per heavy atom. The summed E-state index contributed by atoms with van der Waals surface area (Å²) in [6.07, 6.45) is 0.275. The minimum atomic E-state index is -0.634. The molecule has 0 aliphatic carbocycles. The van der Waals surface area contributed by atoms with Gasteiger partial charge in [0.25, 0.3) is 0 Å². The van der Waals surface area contributed by atoms with Gasteiger partial charge in [-0.25, -0.2) is 4.39 Å². The van der Waals surface area contributed by atoms with Gasteiger partial charge in [-0.05, 0) is 53.6 Å². The van der Waals surface area contributed by atoms with Gasteiger partial charge in [0.2, 0.25) is 6.79 Å². The number of halogens is 1. The van der Waals surface area contributed by atoms with Crippen molar-refractivity contribution in [2.45, 2.75) is 30.1 Å².